The monoisotopic (exact) mass is 661 g/mol. The molecule has 5 fully saturated rings. The molecule has 1 N–H and O–H groups in total. The maximum Gasteiger partial charge on any atom is 0.345 e. The van der Waals surface area contributed by atoms with Crippen molar-refractivity contribution in [2.45, 2.75) is 102 Å². The SMILES string of the molecule is C[C@]12CC[C@H](OC(=O)C3CC3)[C@@](C)(COC(=O)C3CC3)C1C[C@H](OC(=O)C1CC1)[C@@]1(C)Oc3cc(-c4cccnc4)oc(=O)c3[C@H](O)C21. The molecule has 2 aromatic rings. The predicted molar refractivity (Wildman–Crippen MR) is 168 cm³/mol. The van der Waals surface area contributed by atoms with Gasteiger partial charge in [0, 0.05) is 35.4 Å². The zero-order valence-electron chi connectivity index (χ0n) is 27.6. The van der Waals surface area contributed by atoms with E-state index in [2.05, 4.69) is 11.9 Å². The topological polar surface area (TPSA) is 151 Å². The van der Waals surface area contributed by atoms with E-state index in [4.69, 9.17) is 23.4 Å². The van der Waals surface area contributed by atoms with Gasteiger partial charge < -0.3 is 28.5 Å². The Hall–Kier alpha value is -3.73. The second kappa shape index (κ2) is 11.1. The Morgan fingerprint density at radius 2 is 1.58 bits per heavy atom. The van der Waals surface area contributed by atoms with Gasteiger partial charge in [0.1, 0.15) is 41.5 Å². The van der Waals surface area contributed by atoms with Crippen molar-refractivity contribution in [3.8, 4) is 17.1 Å². The molecule has 0 radical (unpaired) electrons. The molecule has 11 heteroatoms. The summed E-state index contributed by atoms with van der Waals surface area (Å²) in [5.41, 5.74) is -2.94. The summed E-state index contributed by atoms with van der Waals surface area (Å²) < 4.78 is 31.1. The first-order chi connectivity index (χ1) is 22.9. The smallest absolute Gasteiger partial charge is 0.345 e. The number of hydrogen-bond acceptors (Lipinski definition) is 11. The van der Waals surface area contributed by atoms with Gasteiger partial charge in [0.2, 0.25) is 0 Å². The van der Waals surface area contributed by atoms with Crippen molar-refractivity contribution < 1.29 is 42.9 Å². The van der Waals surface area contributed by atoms with Gasteiger partial charge in [-0.2, -0.15) is 0 Å². The molecule has 2 unspecified atom stereocenters. The van der Waals surface area contributed by atoms with Gasteiger partial charge in [0.15, 0.2) is 0 Å². The standard InChI is InChI=1S/C37H43NO10/c1-35-13-12-26(46-32(41)20-8-9-20)36(2,18-44-31(40)19-6-7-19)25(35)16-27(47-33(42)21-10-11-21)37(3)30(35)29(39)28-24(48-37)15-23(45-34(28)43)22-5-4-14-38-17-22/h4-5,14-15,17,19-21,25-27,29-30,39H,6-13,16,18H2,1-3H3/t25?,26-,27-,29-,30?,35-,36-,37+/m0/s1. The van der Waals surface area contributed by atoms with Gasteiger partial charge in [0.25, 0.3) is 0 Å². The lowest BCUT2D eigenvalue weighted by molar-refractivity contribution is -0.272. The average Bonchev–Trinajstić information content (AvgIpc) is 3.89. The first-order valence-corrected chi connectivity index (χ1v) is 17.5. The van der Waals surface area contributed by atoms with E-state index in [1.165, 1.54) is 0 Å². The lowest BCUT2D eigenvalue weighted by Gasteiger charge is -2.66. The summed E-state index contributed by atoms with van der Waals surface area (Å²) in [4.78, 5) is 57.1. The largest absolute Gasteiger partial charge is 0.482 e. The van der Waals surface area contributed by atoms with Crippen molar-refractivity contribution in [2.24, 2.45) is 40.4 Å². The van der Waals surface area contributed by atoms with Gasteiger partial charge in [0.05, 0.1) is 23.9 Å². The Labute approximate surface area is 278 Å². The van der Waals surface area contributed by atoms with Crippen LogP contribution in [0.5, 0.6) is 5.75 Å². The van der Waals surface area contributed by atoms with Crippen molar-refractivity contribution in [3.05, 3.63) is 46.6 Å². The fraction of sp³-hybridized carbons (Fsp3) is 0.649. The number of nitrogens with zero attached hydrogens (tertiary/aromatic N) is 1. The van der Waals surface area contributed by atoms with Gasteiger partial charge in [-0.15, -0.1) is 0 Å². The van der Waals surface area contributed by atoms with Crippen LogP contribution in [0.4, 0.5) is 0 Å². The molecular formula is C37H43NO10. The van der Waals surface area contributed by atoms with Crippen LogP contribution in [0.1, 0.15) is 90.2 Å². The van der Waals surface area contributed by atoms with Crippen LogP contribution in [-0.4, -0.2) is 52.4 Å². The highest BCUT2D eigenvalue weighted by Gasteiger charge is 2.71. The minimum absolute atomic E-state index is 0.0160. The third-order valence-corrected chi connectivity index (χ3v) is 12.3. The molecule has 3 heterocycles. The number of carbonyl (C=O) groups excluding carboxylic acids is 3. The van der Waals surface area contributed by atoms with Crippen LogP contribution >= 0.6 is 0 Å². The Kier molecular flexibility index (Phi) is 7.32. The zero-order valence-corrected chi connectivity index (χ0v) is 27.6. The molecule has 11 nitrogen and oxygen atoms in total. The van der Waals surface area contributed by atoms with Gasteiger partial charge in [-0.3, -0.25) is 19.4 Å². The maximum atomic E-state index is 13.7. The summed E-state index contributed by atoms with van der Waals surface area (Å²) in [5.74, 6) is -1.87. The number of carbonyl (C=O) groups is 3. The number of pyridine rings is 1. The van der Waals surface area contributed by atoms with E-state index in [1.807, 2.05) is 13.8 Å². The number of aromatic nitrogens is 1. The van der Waals surface area contributed by atoms with Crippen molar-refractivity contribution >= 4 is 17.9 Å². The molecule has 1 aliphatic heterocycles. The number of rotatable bonds is 8. The summed E-state index contributed by atoms with van der Waals surface area (Å²) in [5, 5.41) is 12.3. The number of fused-ring (bicyclic) bond motifs is 4. The van der Waals surface area contributed by atoms with Crippen molar-refractivity contribution in [2.75, 3.05) is 6.61 Å². The molecule has 5 saturated carbocycles. The molecule has 8 atom stereocenters. The molecule has 6 aliphatic rings. The Balaban J connectivity index is 1.22. The first-order valence-electron chi connectivity index (χ1n) is 17.5. The summed E-state index contributed by atoms with van der Waals surface area (Å²) in [6.45, 7) is 5.93. The van der Waals surface area contributed by atoms with E-state index in [-0.39, 0.29) is 65.3 Å². The minimum atomic E-state index is -1.32. The van der Waals surface area contributed by atoms with Crippen LogP contribution in [0.15, 0.2) is 39.8 Å². The van der Waals surface area contributed by atoms with E-state index >= 15 is 0 Å². The number of aliphatic hydroxyl groups is 1. The first kappa shape index (κ1) is 31.5. The van der Waals surface area contributed by atoms with Gasteiger partial charge >= 0.3 is 23.5 Å². The Morgan fingerprint density at radius 3 is 2.21 bits per heavy atom. The number of hydrogen-bond donors (Lipinski definition) is 1. The van der Waals surface area contributed by atoms with E-state index in [0.29, 0.717) is 24.8 Å². The molecule has 0 bridgehead atoms. The maximum absolute atomic E-state index is 13.7. The number of ether oxygens (including phenoxy) is 4. The van der Waals surface area contributed by atoms with Crippen molar-refractivity contribution in [1.29, 1.82) is 0 Å². The van der Waals surface area contributed by atoms with Gasteiger partial charge in [-0.25, -0.2) is 4.79 Å². The second-order valence-corrected chi connectivity index (χ2v) is 15.7. The van der Waals surface area contributed by atoms with E-state index in [0.717, 1.165) is 38.5 Å². The highest BCUT2D eigenvalue weighted by atomic mass is 16.6. The number of esters is 3. The van der Waals surface area contributed by atoms with E-state index in [1.54, 1.807) is 30.6 Å². The molecule has 0 saturated heterocycles. The number of aliphatic hydroxyl groups excluding tert-OH is 1. The van der Waals surface area contributed by atoms with Crippen LogP contribution in [0.2, 0.25) is 0 Å². The molecule has 5 aliphatic carbocycles. The molecule has 2 aromatic heterocycles. The van der Waals surface area contributed by atoms with Crippen LogP contribution in [-0.2, 0) is 28.6 Å². The van der Waals surface area contributed by atoms with Gasteiger partial charge in [-0.1, -0.05) is 13.8 Å². The molecular weight excluding hydrogens is 618 g/mol. The summed E-state index contributed by atoms with van der Waals surface area (Å²) >= 11 is 0. The normalized spacial score (nSPS) is 36.8. The average molecular weight is 662 g/mol. The fourth-order valence-electron chi connectivity index (χ4n) is 9.15. The lowest BCUT2D eigenvalue weighted by atomic mass is 9.42. The third-order valence-electron chi connectivity index (χ3n) is 12.3. The summed E-state index contributed by atoms with van der Waals surface area (Å²) in [6, 6.07) is 5.09. The van der Waals surface area contributed by atoms with Crippen LogP contribution in [0.3, 0.4) is 0 Å². The molecule has 0 spiro atoms. The van der Waals surface area contributed by atoms with Crippen LogP contribution < -0.4 is 10.4 Å². The molecule has 8 rings (SSSR count). The predicted octanol–water partition coefficient (Wildman–Crippen LogP) is 4.93. The van der Waals surface area contributed by atoms with Crippen molar-refractivity contribution in [3.63, 3.8) is 0 Å². The summed E-state index contributed by atoms with van der Waals surface area (Å²) in [7, 11) is 0. The Bertz CT molecular complexity index is 1700. The highest BCUT2D eigenvalue weighted by molar-refractivity contribution is 5.76. The van der Waals surface area contributed by atoms with E-state index < -0.39 is 46.3 Å². The molecule has 48 heavy (non-hydrogen) atoms. The highest BCUT2D eigenvalue weighted by Crippen LogP contribution is 2.68. The van der Waals surface area contributed by atoms with Gasteiger partial charge in [-0.05, 0) is 88.2 Å². The quantitative estimate of drug-likeness (QED) is 0.303. The second-order valence-electron chi connectivity index (χ2n) is 15.7. The minimum Gasteiger partial charge on any atom is -0.482 e. The molecule has 256 valence electrons. The van der Waals surface area contributed by atoms with Crippen LogP contribution in [0, 0.1) is 40.4 Å². The molecule has 0 amide bonds. The third kappa shape index (κ3) is 5.15. The Morgan fingerprint density at radius 1 is 0.938 bits per heavy atom. The van der Waals surface area contributed by atoms with E-state index in [9.17, 15) is 24.3 Å². The zero-order chi connectivity index (χ0) is 33.6. The summed E-state index contributed by atoms with van der Waals surface area (Å²) in [6.07, 6.45) is 6.52. The lowest BCUT2D eigenvalue weighted by Crippen LogP contribution is -2.71. The molecule has 0 aromatic carbocycles. The van der Waals surface area contributed by atoms with Crippen molar-refractivity contribution in [1.82, 2.24) is 4.98 Å². The van der Waals surface area contributed by atoms with Crippen LogP contribution in [0.25, 0.3) is 11.3 Å². The fourth-order valence-corrected chi connectivity index (χ4v) is 9.15.